The highest BCUT2D eigenvalue weighted by Gasteiger charge is 2.12. The van der Waals surface area contributed by atoms with Crippen LogP contribution in [0.25, 0.3) is 11.1 Å². The van der Waals surface area contributed by atoms with E-state index in [1.54, 1.807) is 12.1 Å². The molecule has 2 aromatic carbocycles. The number of ether oxygens (including phenoxy) is 1. The Bertz CT molecular complexity index is 610. The molecular formula is C18H22FNO. The van der Waals surface area contributed by atoms with Crippen LogP contribution in [0, 0.1) is 12.7 Å². The third-order valence-corrected chi connectivity index (χ3v) is 3.53. The fourth-order valence-electron chi connectivity index (χ4n) is 2.36. The molecule has 0 unspecified atom stereocenters. The van der Waals surface area contributed by atoms with Crippen LogP contribution in [0.5, 0.6) is 5.75 Å². The van der Waals surface area contributed by atoms with Crippen LogP contribution in [0.3, 0.4) is 0 Å². The molecule has 0 aliphatic rings. The number of methoxy groups -OCH3 is 1. The van der Waals surface area contributed by atoms with Crippen molar-refractivity contribution in [1.29, 1.82) is 0 Å². The molecule has 0 bridgehead atoms. The summed E-state index contributed by atoms with van der Waals surface area (Å²) in [4.78, 5) is 0. The van der Waals surface area contributed by atoms with Gasteiger partial charge in [-0.3, -0.25) is 0 Å². The van der Waals surface area contributed by atoms with Gasteiger partial charge in [-0.15, -0.1) is 0 Å². The Hall–Kier alpha value is -1.87. The zero-order chi connectivity index (χ0) is 15.2. The third kappa shape index (κ3) is 3.61. The predicted molar refractivity (Wildman–Crippen MR) is 85.1 cm³/mol. The van der Waals surface area contributed by atoms with Crippen molar-refractivity contribution in [2.75, 3.05) is 13.7 Å². The molecule has 2 rings (SSSR count). The van der Waals surface area contributed by atoms with Crippen molar-refractivity contribution in [1.82, 2.24) is 5.32 Å². The molecule has 0 aliphatic heterocycles. The van der Waals surface area contributed by atoms with Gasteiger partial charge in [0.15, 0.2) is 11.6 Å². The van der Waals surface area contributed by atoms with E-state index in [1.165, 1.54) is 7.11 Å². The molecule has 0 saturated carbocycles. The lowest BCUT2D eigenvalue weighted by molar-refractivity contribution is 0.387. The second-order valence-electron chi connectivity index (χ2n) is 5.15. The summed E-state index contributed by atoms with van der Waals surface area (Å²) in [5, 5.41) is 3.37. The summed E-state index contributed by atoms with van der Waals surface area (Å²) in [7, 11) is 1.49. The van der Waals surface area contributed by atoms with E-state index in [-0.39, 0.29) is 11.6 Å². The summed E-state index contributed by atoms with van der Waals surface area (Å²) < 4.78 is 19.5. The zero-order valence-corrected chi connectivity index (χ0v) is 12.9. The van der Waals surface area contributed by atoms with Gasteiger partial charge in [0.25, 0.3) is 0 Å². The minimum absolute atomic E-state index is 0.279. The average molecular weight is 287 g/mol. The summed E-state index contributed by atoms with van der Waals surface area (Å²) in [6.07, 6.45) is 1.10. The van der Waals surface area contributed by atoms with E-state index >= 15 is 0 Å². The van der Waals surface area contributed by atoms with Crippen LogP contribution in [0.2, 0.25) is 0 Å². The van der Waals surface area contributed by atoms with Crippen LogP contribution in [-0.4, -0.2) is 13.7 Å². The van der Waals surface area contributed by atoms with Gasteiger partial charge in [-0.25, -0.2) is 4.39 Å². The van der Waals surface area contributed by atoms with Crippen molar-refractivity contribution in [3.05, 3.63) is 53.3 Å². The first-order valence-corrected chi connectivity index (χ1v) is 7.30. The van der Waals surface area contributed by atoms with Gasteiger partial charge in [0.2, 0.25) is 0 Å². The first kappa shape index (κ1) is 15.5. The zero-order valence-electron chi connectivity index (χ0n) is 12.9. The molecule has 21 heavy (non-hydrogen) atoms. The second kappa shape index (κ2) is 7.23. The standard InChI is InChI=1S/C18H22FNO/c1-4-10-20-12-14-9-8-13(2)16(11-14)15-6-5-7-17(21-3)18(15)19/h5-9,11,20H,4,10,12H2,1-3H3. The summed E-state index contributed by atoms with van der Waals surface area (Å²) >= 11 is 0. The quantitative estimate of drug-likeness (QED) is 0.799. The van der Waals surface area contributed by atoms with E-state index in [0.717, 1.165) is 36.2 Å². The Morgan fingerprint density at radius 3 is 2.67 bits per heavy atom. The van der Waals surface area contributed by atoms with Crippen molar-refractivity contribution in [3.63, 3.8) is 0 Å². The van der Waals surface area contributed by atoms with Crippen LogP contribution in [0.4, 0.5) is 4.39 Å². The van der Waals surface area contributed by atoms with Crippen LogP contribution in [-0.2, 0) is 6.54 Å². The fraction of sp³-hybridized carbons (Fsp3) is 0.333. The van der Waals surface area contributed by atoms with Gasteiger partial charge >= 0.3 is 0 Å². The number of hydrogen-bond acceptors (Lipinski definition) is 2. The van der Waals surface area contributed by atoms with E-state index in [0.29, 0.717) is 5.56 Å². The highest BCUT2D eigenvalue weighted by atomic mass is 19.1. The number of benzene rings is 2. The van der Waals surface area contributed by atoms with Crippen LogP contribution in [0.1, 0.15) is 24.5 Å². The van der Waals surface area contributed by atoms with Gasteiger partial charge in [0.1, 0.15) is 0 Å². The fourth-order valence-corrected chi connectivity index (χ4v) is 2.36. The monoisotopic (exact) mass is 287 g/mol. The minimum Gasteiger partial charge on any atom is -0.494 e. The topological polar surface area (TPSA) is 21.3 Å². The van der Waals surface area contributed by atoms with Crippen LogP contribution in [0.15, 0.2) is 36.4 Å². The molecule has 2 aromatic rings. The molecule has 0 amide bonds. The molecule has 0 heterocycles. The Labute approximate surface area is 126 Å². The molecule has 0 atom stereocenters. The Morgan fingerprint density at radius 2 is 1.95 bits per heavy atom. The van der Waals surface area contributed by atoms with Crippen molar-refractivity contribution in [3.8, 4) is 16.9 Å². The molecule has 1 N–H and O–H groups in total. The van der Waals surface area contributed by atoms with E-state index in [2.05, 4.69) is 24.4 Å². The van der Waals surface area contributed by atoms with Crippen molar-refractivity contribution < 1.29 is 9.13 Å². The van der Waals surface area contributed by atoms with E-state index in [9.17, 15) is 4.39 Å². The molecular weight excluding hydrogens is 265 g/mol. The lowest BCUT2D eigenvalue weighted by Crippen LogP contribution is -2.13. The third-order valence-electron chi connectivity index (χ3n) is 3.53. The number of hydrogen-bond donors (Lipinski definition) is 1. The maximum atomic E-state index is 14.4. The van der Waals surface area contributed by atoms with Gasteiger partial charge < -0.3 is 10.1 Å². The lowest BCUT2D eigenvalue weighted by Gasteiger charge is -2.12. The number of aryl methyl sites for hydroxylation is 1. The normalized spacial score (nSPS) is 10.7. The molecule has 0 spiro atoms. The molecule has 112 valence electrons. The molecule has 0 fully saturated rings. The smallest absolute Gasteiger partial charge is 0.172 e. The van der Waals surface area contributed by atoms with E-state index in [1.807, 2.05) is 19.1 Å². The van der Waals surface area contributed by atoms with Gasteiger partial charge in [0.05, 0.1) is 7.11 Å². The summed E-state index contributed by atoms with van der Waals surface area (Å²) in [6.45, 7) is 5.92. The maximum Gasteiger partial charge on any atom is 0.172 e. The molecule has 0 radical (unpaired) electrons. The average Bonchev–Trinajstić information content (AvgIpc) is 2.50. The van der Waals surface area contributed by atoms with E-state index < -0.39 is 0 Å². The molecule has 0 saturated heterocycles. The Kier molecular flexibility index (Phi) is 5.34. The largest absolute Gasteiger partial charge is 0.494 e. The van der Waals surface area contributed by atoms with E-state index in [4.69, 9.17) is 4.74 Å². The SMILES string of the molecule is CCCNCc1ccc(C)c(-c2cccc(OC)c2F)c1. The summed E-state index contributed by atoms with van der Waals surface area (Å²) in [5.74, 6) is -0.0248. The molecule has 3 heteroatoms. The maximum absolute atomic E-state index is 14.4. The van der Waals surface area contributed by atoms with Crippen LogP contribution < -0.4 is 10.1 Å². The highest BCUT2D eigenvalue weighted by Crippen LogP contribution is 2.31. The summed E-state index contributed by atoms with van der Waals surface area (Å²) in [5.41, 5.74) is 3.72. The summed E-state index contributed by atoms with van der Waals surface area (Å²) in [6, 6.07) is 11.4. The second-order valence-corrected chi connectivity index (χ2v) is 5.15. The highest BCUT2D eigenvalue weighted by molar-refractivity contribution is 5.70. The number of nitrogens with one attached hydrogen (secondary N) is 1. The minimum atomic E-state index is -0.304. The van der Waals surface area contributed by atoms with Gasteiger partial charge in [-0.2, -0.15) is 0 Å². The molecule has 2 nitrogen and oxygen atoms in total. The molecule has 0 aliphatic carbocycles. The Morgan fingerprint density at radius 1 is 1.14 bits per heavy atom. The number of rotatable bonds is 6. The first-order chi connectivity index (χ1) is 10.2. The van der Waals surface area contributed by atoms with Crippen LogP contribution >= 0.6 is 0 Å². The predicted octanol–water partition coefficient (Wildman–Crippen LogP) is 4.31. The van der Waals surface area contributed by atoms with Crippen molar-refractivity contribution in [2.45, 2.75) is 26.8 Å². The number of halogens is 1. The van der Waals surface area contributed by atoms with Crippen molar-refractivity contribution in [2.24, 2.45) is 0 Å². The van der Waals surface area contributed by atoms with Gasteiger partial charge in [0, 0.05) is 12.1 Å². The van der Waals surface area contributed by atoms with Crippen molar-refractivity contribution >= 4 is 0 Å². The van der Waals surface area contributed by atoms with Gasteiger partial charge in [-0.1, -0.05) is 31.2 Å². The lowest BCUT2D eigenvalue weighted by atomic mass is 9.97. The molecule has 0 aromatic heterocycles. The van der Waals surface area contributed by atoms with Gasteiger partial charge in [-0.05, 0) is 48.7 Å². The first-order valence-electron chi connectivity index (χ1n) is 7.30. The Balaban J connectivity index is 2.36.